The van der Waals surface area contributed by atoms with Crippen LogP contribution in [0.5, 0.6) is 0 Å². The summed E-state index contributed by atoms with van der Waals surface area (Å²) in [5.74, 6) is 1.29. The molecule has 1 unspecified atom stereocenters. The molecule has 137 heavy (non-hydrogen) atoms. The highest BCUT2D eigenvalue weighted by Gasteiger charge is 2.25. The van der Waals surface area contributed by atoms with E-state index in [1.165, 1.54) is 53.0 Å². The molecule has 3 aliphatic heterocycles. The van der Waals surface area contributed by atoms with Gasteiger partial charge in [0.05, 0.1) is 58.6 Å². The first-order valence-corrected chi connectivity index (χ1v) is 44.0. The van der Waals surface area contributed by atoms with Crippen molar-refractivity contribution in [2.75, 3.05) is 141 Å². The van der Waals surface area contributed by atoms with Gasteiger partial charge in [-0.1, -0.05) is 36.4 Å². The molecule has 0 bridgehead atoms. The van der Waals surface area contributed by atoms with Crippen molar-refractivity contribution in [1.82, 2.24) is 93.8 Å². The number of carbonyl (C=O) groups excluding carboxylic acids is 3. The normalized spacial score (nSPS) is 12.8. The van der Waals surface area contributed by atoms with Gasteiger partial charge >= 0.3 is 12.1 Å². The van der Waals surface area contributed by atoms with Gasteiger partial charge in [-0.15, -0.1) is 0 Å². The van der Waals surface area contributed by atoms with Crippen molar-refractivity contribution in [3.05, 3.63) is 265 Å². The minimum absolute atomic E-state index is 0.0664. The number of carboxylic acids is 1. The van der Waals surface area contributed by atoms with Crippen LogP contribution in [0.3, 0.4) is 0 Å². The molecule has 8 N–H and O–H groups in total. The molecule has 0 aliphatic carbocycles. The number of hydroxylamine groups is 2. The van der Waals surface area contributed by atoms with E-state index < -0.39 is 35.8 Å². The molecule has 3 aliphatic rings. The molecule has 0 spiro atoms. The number of amides is 2. The lowest BCUT2D eigenvalue weighted by molar-refractivity contribution is -0.186. The number of aliphatic hydroxyl groups is 1. The first kappa shape index (κ1) is 93.4. The van der Waals surface area contributed by atoms with Crippen molar-refractivity contribution in [1.29, 1.82) is 0 Å². The van der Waals surface area contributed by atoms with E-state index in [0.717, 1.165) is 129 Å². The molecule has 2 amide bonds. The number of nitrogens with zero attached hydrogens (tertiary/aromatic N) is 25. The van der Waals surface area contributed by atoms with Gasteiger partial charge in [0.1, 0.15) is 5.60 Å². The molecule has 0 saturated carbocycles. The van der Waals surface area contributed by atoms with Crippen LogP contribution in [-0.2, 0) is 27.4 Å². The Balaban J connectivity index is 0.000000150. The fraction of sp³-hybridized carbons (Fsp3) is 0.247. The van der Waals surface area contributed by atoms with Crippen molar-refractivity contribution in [2.24, 2.45) is 9.98 Å². The van der Waals surface area contributed by atoms with Gasteiger partial charge in [0.2, 0.25) is 17.8 Å². The van der Waals surface area contributed by atoms with E-state index in [9.17, 15) is 19.2 Å². The molecular formula is C97H102N30O10. The van der Waals surface area contributed by atoms with Crippen LogP contribution < -0.4 is 56.3 Å². The molecule has 1 atom stereocenters. The predicted molar refractivity (Wildman–Crippen MR) is 524 cm³/mol. The molecule has 6 aromatic carbocycles. The number of fused-ring (bicyclic) bond motifs is 6. The monoisotopic (exact) mass is 1850 g/mol. The number of hydrogen-bond acceptors (Lipinski definition) is 33. The number of benzene rings is 6. The second-order valence-electron chi connectivity index (χ2n) is 33.4. The highest BCUT2D eigenvalue weighted by molar-refractivity contribution is 5.95. The number of aliphatic hydroxyl groups excluding tert-OH is 1. The lowest BCUT2D eigenvalue weighted by Crippen LogP contribution is -2.33. The molecule has 13 heterocycles. The number of ether oxygens (including phenoxy) is 2. The molecular weight excluding hydrogens is 1750 g/mol. The molecule has 19 rings (SSSR count). The number of carbonyl (C=O) groups is 4. The van der Waals surface area contributed by atoms with Crippen LogP contribution in [-0.4, -0.2) is 242 Å². The van der Waals surface area contributed by atoms with Crippen LogP contribution in [0.1, 0.15) is 93.4 Å². The third-order valence-corrected chi connectivity index (χ3v) is 22.7. The summed E-state index contributed by atoms with van der Waals surface area (Å²) >= 11 is 0. The quantitative estimate of drug-likeness (QED) is 0.0159. The number of aromatic carboxylic acids is 1. The number of aliphatic imine (C=N–C) groups is 2. The zero-order valence-corrected chi connectivity index (χ0v) is 77.0. The number of hydrogen-bond donors (Lipinski definition) is 8. The summed E-state index contributed by atoms with van der Waals surface area (Å²) in [6, 6.07) is 42.7. The van der Waals surface area contributed by atoms with Crippen LogP contribution in [0.2, 0.25) is 0 Å². The van der Waals surface area contributed by atoms with Crippen molar-refractivity contribution in [2.45, 2.75) is 65.0 Å². The van der Waals surface area contributed by atoms with Crippen LogP contribution in [0, 0.1) is 0 Å². The van der Waals surface area contributed by atoms with Gasteiger partial charge in [-0.05, 0) is 147 Å². The number of imidazole rings is 3. The number of carboxylic acid groups (broad SMARTS) is 1. The van der Waals surface area contributed by atoms with Crippen LogP contribution >= 0.6 is 0 Å². The lowest BCUT2D eigenvalue weighted by Gasteiger charge is -2.24. The number of rotatable bonds is 29. The van der Waals surface area contributed by atoms with Gasteiger partial charge in [0.15, 0.2) is 40.7 Å². The van der Waals surface area contributed by atoms with Crippen LogP contribution in [0.15, 0.2) is 237 Å². The fourth-order valence-electron chi connectivity index (χ4n) is 15.0. The maximum atomic E-state index is 12.9. The van der Waals surface area contributed by atoms with Gasteiger partial charge in [-0.2, -0.15) is 9.78 Å². The smallest absolute Gasteiger partial charge is 0.435 e. The number of nitrogens with one attached hydrogen (secondary N) is 5. The average molecular weight is 1850 g/mol. The predicted octanol–water partition coefficient (Wildman–Crippen LogP) is 13.1. The minimum atomic E-state index is -1.04. The second-order valence-corrected chi connectivity index (χ2v) is 33.4. The summed E-state index contributed by atoms with van der Waals surface area (Å²) < 4.78 is 18.2. The fourth-order valence-corrected chi connectivity index (χ4v) is 15.0. The van der Waals surface area contributed by atoms with Gasteiger partial charge in [-0.3, -0.25) is 24.8 Å². The van der Waals surface area contributed by atoms with Crippen LogP contribution in [0.25, 0.3) is 61.6 Å². The number of anilines is 12. The molecule has 1 fully saturated rings. The maximum Gasteiger partial charge on any atom is 0.435 e. The summed E-state index contributed by atoms with van der Waals surface area (Å²) in [6.45, 7) is 11.6. The maximum absolute atomic E-state index is 12.9. The molecule has 0 radical (unpaired) electrons. The van der Waals surface area contributed by atoms with Gasteiger partial charge in [-0.25, -0.2) is 85.2 Å². The van der Waals surface area contributed by atoms with Crippen molar-refractivity contribution >= 4 is 134 Å². The second kappa shape index (κ2) is 42.4. The number of likely N-dealkylation sites (N-methyl/N-ethyl adjacent to an activating group) is 6. The van der Waals surface area contributed by atoms with E-state index in [-0.39, 0.29) is 11.1 Å². The van der Waals surface area contributed by atoms with Crippen molar-refractivity contribution in [3.63, 3.8) is 0 Å². The Kier molecular flexibility index (Phi) is 28.9. The third kappa shape index (κ3) is 22.7. The summed E-state index contributed by atoms with van der Waals surface area (Å²) in [5, 5.41) is 40.2. The minimum Gasteiger partial charge on any atom is -0.478 e. The molecule has 16 aromatic rings. The van der Waals surface area contributed by atoms with Crippen molar-refractivity contribution in [3.8, 4) is 33.8 Å². The van der Waals surface area contributed by atoms with Gasteiger partial charge in [0, 0.05) is 263 Å². The van der Waals surface area contributed by atoms with Gasteiger partial charge in [0.25, 0.3) is 11.8 Å². The summed E-state index contributed by atoms with van der Waals surface area (Å²) in [5.41, 5.74) is 22.4. The molecule has 40 heteroatoms. The Morgan fingerprint density at radius 2 is 0.854 bits per heavy atom. The SMILES string of the molecule is CN(CCN(C)c1ncc(C(=O)NO)cn1)c1ccc(Nc2nc(-c3ccc4c(c3)CN=C4)cn3ccnc23)cc1.CN(CCN(C)c1ncc(C(=O)NOC2CCCCO2)cn1)c1ccc(Nc2nc(-c3ccc4cnn(C(=O)OC(C)(C)C)c4c3)cn3ccnc23)cc1.CN(CCN(C)c1ncc(C(=O)O)cn1)c1ccc(Nc2nc(-c3ccc4c(c3)CN=C4)cn3ccnc23)cc1.CO. The standard InChI is InChI=1S/C38H43N11O5.C29H28N10O2.C29H27N9O2.CH4O/c1-38(2,3)53-37(51)49-31-20-25(9-10-26(31)23-42-49)30-24-48-16-15-39-34(48)33(44-30)43-28-11-13-29(14-12-28)46(4)17-18-47(5)36-40-21-27(22-41-36)35(50)45-54-32-8-6-7-19-52-32;1-37(11-12-38(2)29-32-16-22(17-33-29)28(40)36-41)24-7-5-23(6-8-24)34-26-27-31-9-10-39(27)18-25(35-26)19-3-4-20-14-30-15-21(20)13-19;1-36(11-12-37(2)29-32-16-22(17-33-29)28(39)40)24-7-5-23(6-8-24)34-26-27-31-9-10-38(27)18-25(35-26)19-3-4-20-14-30-15-21(20)13-19;1-2/h9-16,20-24,32H,6-8,17-19H2,1-5H3,(H,43,44)(H,45,50);3-10,13-14,16-18,41H,11-12,15H2,1-2H3,(H,34,35)(H,36,40);3-10,13-14,16-18H,11-12,15H2,1-2H3,(H,34,35)(H,39,40);2H,1H3. The average Bonchev–Trinajstić information content (AvgIpc) is 1.83. The van der Waals surface area contributed by atoms with E-state index in [1.807, 2.05) is 232 Å². The Hall–Kier alpha value is -16.9. The van der Waals surface area contributed by atoms with E-state index in [0.29, 0.717) is 104 Å². The largest absolute Gasteiger partial charge is 0.478 e. The Bertz CT molecular complexity index is 7010. The van der Waals surface area contributed by atoms with Crippen molar-refractivity contribution < 1.29 is 48.9 Å². The first-order valence-electron chi connectivity index (χ1n) is 44.0. The van der Waals surface area contributed by atoms with E-state index in [2.05, 4.69) is 132 Å². The first-order chi connectivity index (χ1) is 66.4. The van der Waals surface area contributed by atoms with E-state index in [4.69, 9.17) is 44.7 Å². The zero-order chi connectivity index (χ0) is 95.8. The Morgan fingerprint density at radius 3 is 1.24 bits per heavy atom. The molecule has 700 valence electrons. The van der Waals surface area contributed by atoms with Gasteiger partial charge < -0.3 is 78.2 Å². The highest BCUT2D eigenvalue weighted by Crippen LogP contribution is 2.34. The van der Waals surface area contributed by atoms with E-state index in [1.54, 1.807) is 30.3 Å². The Labute approximate surface area is 787 Å². The topological polar surface area (TPSA) is 447 Å². The molecule has 1 saturated heterocycles. The molecule has 40 nitrogen and oxygen atoms in total. The zero-order valence-electron chi connectivity index (χ0n) is 77.0. The third-order valence-electron chi connectivity index (χ3n) is 22.7. The highest BCUT2D eigenvalue weighted by atomic mass is 16.8. The lowest BCUT2D eigenvalue weighted by atomic mass is 10.0. The molecule has 10 aromatic heterocycles. The van der Waals surface area contributed by atoms with Crippen LogP contribution in [0.4, 0.5) is 74.2 Å². The number of aromatic nitrogens is 17. The Morgan fingerprint density at radius 1 is 0.467 bits per heavy atom. The summed E-state index contributed by atoms with van der Waals surface area (Å²) in [6.07, 6.45) is 32.4. The summed E-state index contributed by atoms with van der Waals surface area (Å²) in [4.78, 5) is 128. The van der Waals surface area contributed by atoms with E-state index >= 15 is 0 Å². The summed E-state index contributed by atoms with van der Waals surface area (Å²) in [7, 11) is 12.7.